The number of hydrogen-bond acceptors (Lipinski definition) is 5. The number of aromatic nitrogens is 3. The summed E-state index contributed by atoms with van der Waals surface area (Å²) in [5.41, 5.74) is 3.56. The third kappa shape index (κ3) is 5.32. The van der Waals surface area contributed by atoms with Gasteiger partial charge in [-0.05, 0) is 55.3 Å². The maximum absolute atomic E-state index is 12.3. The molecule has 0 aliphatic carbocycles. The average Bonchev–Trinajstić information content (AvgIpc) is 3.04. The highest BCUT2D eigenvalue weighted by Gasteiger charge is 2.14. The van der Waals surface area contributed by atoms with E-state index in [9.17, 15) is 13.6 Å². The van der Waals surface area contributed by atoms with Crippen LogP contribution in [0, 0.1) is 13.8 Å². The van der Waals surface area contributed by atoms with E-state index >= 15 is 0 Å². The molecule has 0 bridgehead atoms. The van der Waals surface area contributed by atoms with Crippen molar-refractivity contribution >= 4 is 23.4 Å². The average molecular weight is 418 g/mol. The van der Waals surface area contributed by atoms with E-state index in [2.05, 4.69) is 20.3 Å². The summed E-state index contributed by atoms with van der Waals surface area (Å²) in [5, 5.41) is 11.7. The number of aryl methyl sites for hydroxylation is 2. The number of halogens is 2. The lowest BCUT2D eigenvalue weighted by Crippen LogP contribution is -2.15. The number of nitrogens with zero attached hydrogens (tertiary/aromatic N) is 3. The summed E-state index contributed by atoms with van der Waals surface area (Å²) in [4.78, 5) is 12.3. The standard InChI is InChI=1S/C20H20F2N4O2S/c1-12-4-5-13(2)16(10-12)23-17(27)11-29-20-25-24-18(26(20)3)14-6-8-15(9-7-14)28-19(21)22/h4-10,19H,11H2,1-3H3,(H,23,27). The second-order valence-electron chi connectivity index (χ2n) is 6.42. The summed E-state index contributed by atoms with van der Waals surface area (Å²) in [6.45, 7) is 1.04. The number of hydrogen-bond donors (Lipinski definition) is 1. The van der Waals surface area contributed by atoms with Crippen molar-refractivity contribution in [2.75, 3.05) is 11.1 Å². The van der Waals surface area contributed by atoms with Gasteiger partial charge in [0.2, 0.25) is 5.91 Å². The number of nitrogens with one attached hydrogen (secondary N) is 1. The Balaban J connectivity index is 1.63. The van der Waals surface area contributed by atoms with Crippen molar-refractivity contribution in [3.63, 3.8) is 0 Å². The molecule has 0 saturated heterocycles. The molecule has 0 aliphatic rings. The highest BCUT2D eigenvalue weighted by molar-refractivity contribution is 7.99. The fourth-order valence-electron chi connectivity index (χ4n) is 2.66. The van der Waals surface area contributed by atoms with Gasteiger partial charge in [-0.3, -0.25) is 4.79 Å². The van der Waals surface area contributed by atoms with Crippen LogP contribution in [0.1, 0.15) is 11.1 Å². The molecule has 0 aliphatic heterocycles. The fourth-order valence-corrected chi connectivity index (χ4v) is 3.38. The molecule has 0 saturated carbocycles. The lowest BCUT2D eigenvalue weighted by molar-refractivity contribution is -0.113. The lowest BCUT2D eigenvalue weighted by atomic mass is 10.1. The highest BCUT2D eigenvalue weighted by Crippen LogP contribution is 2.25. The first-order valence-electron chi connectivity index (χ1n) is 8.78. The monoisotopic (exact) mass is 418 g/mol. The summed E-state index contributed by atoms with van der Waals surface area (Å²) in [6, 6.07) is 12.0. The first-order chi connectivity index (χ1) is 13.8. The van der Waals surface area contributed by atoms with Gasteiger partial charge in [0, 0.05) is 18.3 Å². The predicted octanol–water partition coefficient (Wildman–Crippen LogP) is 4.43. The molecule has 6 nitrogen and oxygen atoms in total. The highest BCUT2D eigenvalue weighted by atomic mass is 32.2. The molecule has 0 radical (unpaired) electrons. The van der Waals surface area contributed by atoms with Gasteiger partial charge in [0.05, 0.1) is 5.75 Å². The fraction of sp³-hybridized carbons (Fsp3) is 0.250. The van der Waals surface area contributed by atoms with Crippen molar-refractivity contribution in [2.45, 2.75) is 25.6 Å². The quantitative estimate of drug-likeness (QED) is 0.575. The topological polar surface area (TPSA) is 69.0 Å². The Hall–Kier alpha value is -2.94. The number of amides is 1. The molecule has 3 rings (SSSR count). The van der Waals surface area contributed by atoms with Crippen molar-refractivity contribution < 1.29 is 18.3 Å². The zero-order valence-electron chi connectivity index (χ0n) is 16.1. The van der Waals surface area contributed by atoms with Gasteiger partial charge in [-0.1, -0.05) is 23.9 Å². The Kier molecular flexibility index (Phi) is 6.48. The molecular formula is C20H20F2N4O2S. The van der Waals surface area contributed by atoms with E-state index in [4.69, 9.17) is 0 Å². The number of ether oxygens (including phenoxy) is 1. The number of rotatable bonds is 7. The summed E-state index contributed by atoms with van der Waals surface area (Å²) in [7, 11) is 1.78. The van der Waals surface area contributed by atoms with Gasteiger partial charge in [0.15, 0.2) is 11.0 Å². The van der Waals surface area contributed by atoms with Gasteiger partial charge in [-0.25, -0.2) is 0 Å². The Morgan fingerprint density at radius 2 is 1.90 bits per heavy atom. The number of thioether (sulfide) groups is 1. The van der Waals surface area contributed by atoms with Gasteiger partial charge >= 0.3 is 6.61 Å². The van der Waals surface area contributed by atoms with E-state index in [0.717, 1.165) is 16.8 Å². The van der Waals surface area contributed by atoms with E-state index in [0.29, 0.717) is 16.5 Å². The number of alkyl halides is 2. The van der Waals surface area contributed by atoms with Crippen molar-refractivity contribution in [3.8, 4) is 17.1 Å². The zero-order valence-corrected chi connectivity index (χ0v) is 17.0. The summed E-state index contributed by atoms with van der Waals surface area (Å²) < 4.78 is 30.6. The van der Waals surface area contributed by atoms with Gasteiger partial charge in [-0.15, -0.1) is 10.2 Å². The van der Waals surface area contributed by atoms with Crippen LogP contribution in [0.15, 0.2) is 47.6 Å². The van der Waals surface area contributed by atoms with Crippen molar-refractivity contribution in [2.24, 2.45) is 7.05 Å². The smallest absolute Gasteiger partial charge is 0.387 e. The van der Waals surface area contributed by atoms with Gasteiger partial charge in [-0.2, -0.15) is 8.78 Å². The molecule has 2 aromatic carbocycles. The maximum Gasteiger partial charge on any atom is 0.387 e. The second kappa shape index (κ2) is 9.04. The minimum absolute atomic E-state index is 0.0728. The molecule has 1 N–H and O–H groups in total. The van der Waals surface area contributed by atoms with Crippen LogP contribution in [0.4, 0.5) is 14.5 Å². The van der Waals surface area contributed by atoms with E-state index in [1.807, 2.05) is 32.0 Å². The SMILES string of the molecule is Cc1ccc(C)c(NC(=O)CSc2nnc(-c3ccc(OC(F)F)cc3)n2C)c1. The largest absolute Gasteiger partial charge is 0.435 e. The van der Waals surface area contributed by atoms with E-state index < -0.39 is 6.61 Å². The third-order valence-corrected chi connectivity index (χ3v) is 5.19. The minimum atomic E-state index is -2.87. The number of anilines is 1. The molecule has 0 unspecified atom stereocenters. The van der Waals surface area contributed by atoms with E-state index in [1.165, 1.54) is 23.9 Å². The van der Waals surface area contributed by atoms with Crippen LogP contribution >= 0.6 is 11.8 Å². The number of carbonyl (C=O) groups excluding carboxylic acids is 1. The Labute approximate surface area is 171 Å². The zero-order chi connectivity index (χ0) is 21.0. The number of carbonyl (C=O) groups is 1. The lowest BCUT2D eigenvalue weighted by Gasteiger charge is -2.09. The molecule has 0 fully saturated rings. The maximum atomic E-state index is 12.3. The van der Waals surface area contributed by atoms with Crippen LogP contribution in [0.2, 0.25) is 0 Å². The van der Waals surface area contributed by atoms with Gasteiger partial charge in [0.1, 0.15) is 5.75 Å². The van der Waals surface area contributed by atoms with E-state index in [1.54, 1.807) is 23.7 Å². The molecule has 1 heterocycles. The third-order valence-electron chi connectivity index (χ3n) is 4.17. The molecule has 152 valence electrons. The predicted molar refractivity (Wildman–Crippen MR) is 108 cm³/mol. The summed E-state index contributed by atoms with van der Waals surface area (Å²) in [6.07, 6.45) is 0. The molecule has 0 atom stereocenters. The van der Waals surface area contributed by atoms with Crippen molar-refractivity contribution in [1.82, 2.24) is 14.8 Å². The Bertz CT molecular complexity index is 1010. The van der Waals surface area contributed by atoms with E-state index in [-0.39, 0.29) is 17.4 Å². The summed E-state index contributed by atoms with van der Waals surface area (Å²) in [5.74, 6) is 0.678. The molecule has 29 heavy (non-hydrogen) atoms. The summed E-state index contributed by atoms with van der Waals surface area (Å²) >= 11 is 1.26. The van der Waals surface area contributed by atoms with Crippen molar-refractivity contribution in [3.05, 3.63) is 53.6 Å². The normalized spacial score (nSPS) is 11.0. The second-order valence-corrected chi connectivity index (χ2v) is 7.37. The number of benzene rings is 2. The van der Waals surface area contributed by atoms with Crippen molar-refractivity contribution in [1.29, 1.82) is 0 Å². The van der Waals surface area contributed by atoms with Crippen LogP contribution < -0.4 is 10.1 Å². The molecule has 1 aromatic heterocycles. The first kappa shape index (κ1) is 20.8. The molecular weight excluding hydrogens is 398 g/mol. The molecule has 3 aromatic rings. The molecule has 9 heteroatoms. The Morgan fingerprint density at radius 3 is 2.59 bits per heavy atom. The minimum Gasteiger partial charge on any atom is -0.435 e. The van der Waals surface area contributed by atoms with Crippen LogP contribution in [-0.2, 0) is 11.8 Å². The first-order valence-corrected chi connectivity index (χ1v) is 9.76. The molecule has 0 spiro atoms. The van der Waals surface area contributed by atoms with Crippen LogP contribution in [0.25, 0.3) is 11.4 Å². The van der Waals surface area contributed by atoms with Gasteiger partial charge < -0.3 is 14.6 Å². The Morgan fingerprint density at radius 1 is 1.17 bits per heavy atom. The van der Waals surface area contributed by atoms with Crippen LogP contribution in [0.5, 0.6) is 5.75 Å². The van der Waals surface area contributed by atoms with Gasteiger partial charge in [0.25, 0.3) is 0 Å². The van der Waals surface area contributed by atoms with Crippen LogP contribution in [-0.4, -0.2) is 33.0 Å². The molecule has 1 amide bonds. The van der Waals surface area contributed by atoms with Crippen LogP contribution in [0.3, 0.4) is 0 Å².